The van der Waals surface area contributed by atoms with Crippen molar-refractivity contribution >= 4 is 28.7 Å². The Morgan fingerprint density at radius 2 is 2.03 bits per heavy atom. The van der Waals surface area contributed by atoms with Gasteiger partial charge in [0.25, 0.3) is 0 Å². The number of carbonyl (C=O) groups is 1. The second-order valence-electron chi connectivity index (χ2n) is 8.99. The number of amides is 1. The summed E-state index contributed by atoms with van der Waals surface area (Å²) in [4.78, 5) is 25.8. The van der Waals surface area contributed by atoms with Crippen LogP contribution in [0.5, 0.6) is 0 Å². The zero-order valence-electron chi connectivity index (χ0n) is 19.9. The highest BCUT2D eigenvalue weighted by Crippen LogP contribution is 2.31. The highest BCUT2D eigenvalue weighted by molar-refractivity contribution is 5.94. The Morgan fingerprint density at radius 3 is 2.81 bits per heavy atom. The molecule has 1 fully saturated rings. The summed E-state index contributed by atoms with van der Waals surface area (Å²) in [5, 5.41) is 9.45. The van der Waals surface area contributed by atoms with Crippen LogP contribution in [0.25, 0.3) is 22.6 Å². The van der Waals surface area contributed by atoms with Crippen LogP contribution >= 0.6 is 0 Å². The molecule has 3 heterocycles. The van der Waals surface area contributed by atoms with Gasteiger partial charge in [-0.3, -0.25) is 4.79 Å². The van der Waals surface area contributed by atoms with E-state index in [2.05, 4.69) is 25.5 Å². The molecule has 1 aliphatic heterocycles. The summed E-state index contributed by atoms with van der Waals surface area (Å²) in [6.45, 7) is 4.33. The smallest absolute Gasteiger partial charge is 0.225 e. The minimum atomic E-state index is -0.896. The minimum Gasteiger partial charge on any atom is -0.350 e. The molecule has 0 saturated carbocycles. The maximum absolute atomic E-state index is 13.6. The molecule has 36 heavy (non-hydrogen) atoms. The zero-order valence-corrected chi connectivity index (χ0v) is 19.9. The Balaban J connectivity index is 1.52. The van der Waals surface area contributed by atoms with E-state index in [1.54, 1.807) is 6.20 Å². The molecule has 0 aliphatic carbocycles. The number of halogens is 2. The van der Waals surface area contributed by atoms with Gasteiger partial charge >= 0.3 is 0 Å². The number of aromatic nitrogens is 4. The van der Waals surface area contributed by atoms with Gasteiger partial charge in [-0.05, 0) is 61.7 Å². The summed E-state index contributed by atoms with van der Waals surface area (Å²) < 4.78 is 28.9. The number of imidazole rings is 1. The number of hydrogen-bond donors (Lipinski definition) is 3. The molecule has 0 radical (unpaired) electrons. The summed E-state index contributed by atoms with van der Waals surface area (Å²) in [7, 11) is 0. The van der Waals surface area contributed by atoms with Crippen molar-refractivity contribution in [2.75, 3.05) is 23.7 Å². The molecule has 3 N–H and O–H groups in total. The fourth-order valence-corrected chi connectivity index (χ4v) is 4.53. The number of piperidine rings is 1. The number of carbonyl (C=O) groups excluding carboxylic acids is 1. The van der Waals surface area contributed by atoms with Crippen LogP contribution < -0.4 is 16.0 Å². The molecule has 5 rings (SSSR count). The van der Waals surface area contributed by atoms with E-state index in [4.69, 9.17) is 9.97 Å². The van der Waals surface area contributed by atoms with E-state index in [0.29, 0.717) is 46.7 Å². The first kappa shape index (κ1) is 23.8. The third kappa shape index (κ3) is 5.18. The Morgan fingerprint density at radius 1 is 1.17 bits per heavy atom. The summed E-state index contributed by atoms with van der Waals surface area (Å²) in [5.74, 6) is -0.484. The van der Waals surface area contributed by atoms with Gasteiger partial charge < -0.3 is 20.5 Å². The number of benzene rings is 2. The lowest BCUT2D eigenvalue weighted by molar-refractivity contribution is -0.114. The summed E-state index contributed by atoms with van der Waals surface area (Å²) >= 11 is 0. The number of rotatable bonds is 7. The van der Waals surface area contributed by atoms with Gasteiger partial charge in [0.1, 0.15) is 11.3 Å². The number of hydrogen-bond acceptors (Lipinski definition) is 6. The van der Waals surface area contributed by atoms with E-state index in [1.807, 2.05) is 24.3 Å². The fraction of sp³-hybridized carbons (Fsp3) is 0.308. The molecule has 1 amide bonds. The molecule has 8 nitrogen and oxygen atoms in total. The molecule has 0 spiro atoms. The predicted octanol–water partition coefficient (Wildman–Crippen LogP) is 4.34. The highest BCUT2D eigenvalue weighted by atomic mass is 19.2. The number of nitrogens with one attached hydrogen (secondary N) is 3. The first-order chi connectivity index (χ1) is 17.5. The average Bonchev–Trinajstić information content (AvgIpc) is 3.22. The molecule has 0 bridgehead atoms. The predicted molar refractivity (Wildman–Crippen MR) is 134 cm³/mol. The van der Waals surface area contributed by atoms with Crippen molar-refractivity contribution < 1.29 is 13.6 Å². The highest BCUT2D eigenvalue weighted by Gasteiger charge is 2.22. The first-order valence-electron chi connectivity index (χ1n) is 12.0. The Hall–Kier alpha value is -3.92. The van der Waals surface area contributed by atoms with Crippen molar-refractivity contribution in [1.82, 2.24) is 24.8 Å². The lowest BCUT2D eigenvalue weighted by Crippen LogP contribution is -2.32. The van der Waals surface area contributed by atoms with Crippen LogP contribution in [0.2, 0.25) is 0 Å². The van der Waals surface area contributed by atoms with Crippen LogP contribution in [0, 0.1) is 17.6 Å². The van der Waals surface area contributed by atoms with Crippen LogP contribution in [-0.4, -0.2) is 38.5 Å². The Bertz CT molecular complexity index is 1400. The van der Waals surface area contributed by atoms with Crippen molar-refractivity contribution in [3.8, 4) is 11.4 Å². The van der Waals surface area contributed by atoms with Crippen molar-refractivity contribution in [2.24, 2.45) is 5.92 Å². The van der Waals surface area contributed by atoms with Gasteiger partial charge in [0.05, 0.1) is 11.9 Å². The molecule has 10 heteroatoms. The number of fused-ring (bicyclic) bond motifs is 1. The quantitative estimate of drug-likeness (QED) is 0.356. The van der Waals surface area contributed by atoms with Crippen molar-refractivity contribution in [1.29, 1.82) is 0 Å². The molecular weight excluding hydrogens is 464 g/mol. The molecule has 2 aromatic heterocycles. The standard InChI is InChI=1S/C26H27F2N7O/c1-16(36)32-22-7-3-2-6-19(22)24-33-23-14-31-26(30-13-17-8-9-20(27)21(28)11-17)34-25(23)35(24)15-18-5-4-10-29-12-18/h2-3,6-9,11,14,18,29H,4-5,10,12-13,15H2,1H3,(H,32,36)(H,30,31,34). The Kier molecular flexibility index (Phi) is 6.86. The van der Waals surface area contributed by atoms with Crippen LogP contribution in [0.1, 0.15) is 25.3 Å². The molecule has 1 aliphatic rings. The molecule has 1 unspecified atom stereocenters. The van der Waals surface area contributed by atoms with Gasteiger partial charge in [0.15, 0.2) is 17.3 Å². The number of nitrogens with zero attached hydrogens (tertiary/aromatic N) is 4. The Labute approximate surface area is 207 Å². The monoisotopic (exact) mass is 491 g/mol. The molecule has 4 aromatic rings. The van der Waals surface area contributed by atoms with E-state index in [1.165, 1.54) is 13.0 Å². The lowest BCUT2D eigenvalue weighted by Gasteiger charge is -2.24. The second-order valence-corrected chi connectivity index (χ2v) is 8.99. The zero-order chi connectivity index (χ0) is 25.1. The van der Waals surface area contributed by atoms with Gasteiger partial charge in [-0.1, -0.05) is 18.2 Å². The summed E-state index contributed by atoms with van der Waals surface area (Å²) in [6, 6.07) is 11.3. The maximum Gasteiger partial charge on any atom is 0.225 e. The van der Waals surface area contributed by atoms with E-state index in [9.17, 15) is 13.6 Å². The second kappa shape index (κ2) is 10.4. The molecule has 186 valence electrons. The van der Waals surface area contributed by atoms with Gasteiger partial charge in [-0.15, -0.1) is 0 Å². The molecular formula is C26H27F2N7O. The summed E-state index contributed by atoms with van der Waals surface area (Å²) in [5.41, 5.74) is 3.34. The van der Waals surface area contributed by atoms with Gasteiger partial charge in [-0.25, -0.2) is 18.7 Å². The lowest BCUT2D eigenvalue weighted by atomic mass is 9.99. The molecule has 1 atom stereocenters. The number of para-hydroxylation sites is 1. The van der Waals surface area contributed by atoms with Crippen LogP contribution in [0.4, 0.5) is 20.4 Å². The maximum atomic E-state index is 13.6. The largest absolute Gasteiger partial charge is 0.350 e. The third-order valence-electron chi connectivity index (χ3n) is 6.24. The molecule has 2 aromatic carbocycles. The van der Waals surface area contributed by atoms with Crippen LogP contribution in [0.15, 0.2) is 48.7 Å². The fourth-order valence-electron chi connectivity index (χ4n) is 4.53. The first-order valence-corrected chi connectivity index (χ1v) is 12.0. The van der Waals surface area contributed by atoms with E-state index < -0.39 is 11.6 Å². The van der Waals surface area contributed by atoms with Gasteiger partial charge in [-0.2, -0.15) is 4.98 Å². The van der Waals surface area contributed by atoms with Gasteiger partial charge in [0, 0.05) is 25.6 Å². The van der Waals surface area contributed by atoms with Gasteiger partial charge in [0.2, 0.25) is 11.9 Å². The van der Waals surface area contributed by atoms with Crippen molar-refractivity contribution in [2.45, 2.75) is 32.9 Å². The topological polar surface area (TPSA) is 96.8 Å². The SMILES string of the molecule is CC(=O)Nc1ccccc1-c1nc2cnc(NCc3ccc(F)c(F)c3)nc2n1CC1CCCNC1. The van der Waals surface area contributed by atoms with Crippen molar-refractivity contribution in [3.05, 3.63) is 65.9 Å². The number of anilines is 2. The van der Waals surface area contributed by atoms with E-state index in [0.717, 1.165) is 43.6 Å². The van der Waals surface area contributed by atoms with Crippen LogP contribution in [0.3, 0.4) is 0 Å². The van der Waals surface area contributed by atoms with E-state index in [-0.39, 0.29) is 12.5 Å². The van der Waals surface area contributed by atoms with Crippen LogP contribution in [-0.2, 0) is 17.9 Å². The average molecular weight is 492 g/mol. The minimum absolute atomic E-state index is 0.162. The van der Waals surface area contributed by atoms with E-state index >= 15 is 0 Å². The molecule has 1 saturated heterocycles. The normalized spacial score (nSPS) is 15.7. The third-order valence-corrected chi connectivity index (χ3v) is 6.24. The van der Waals surface area contributed by atoms with Crippen molar-refractivity contribution in [3.63, 3.8) is 0 Å². The summed E-state index contributed by atoms with van der Waals surface area (Å²) in [6.07, 6.45) is 3.84.